The summed E-state index contributed by atoms with van der Waals surface area (Å²) in [6.07, 6.45) is 5.49. The van der Waals surface area contributed by atoms with Crippen molar-refractivity contribution in [2.45, 2.75) is 44.2 Å². The normalized spacial score (nSPS) is 31.5. The smallest absolute Gasteiger partial charge is 0.168 e. The molecular formula is C12H20O4. The topological polar surface area (TPSA) is 36.9 Å². The summed E-state index contributed by atoms with van der Waals surface area (Å²) in [5, 5.41) is 0. The molecule has 2 aliphatic heterocycles. The standard InChI is InChI=1S/C12H20O4/c1-3-12(15-7-8-16-12)4-2-10(1)9-11-13-5-6-14-11/h10-11H,1-9H2. The second-order valence-electron chi connectivity index (χ2n) is 4.96. The predicted molar refractivity (Wildman–Crippen MR) is 56.9 cm³/mol. The fourth-order valence-corrected chi connectivity index (χ4v) is 2.95. The summed E-state index contributed by atoms with van der Waals surface area (Å²) in [4.78, 5) is 0. The Morgan fingerprint density at radius 2 is 1.50 bits per heavy atom. The van der Waals surface area contributed by atoms with Crippen molar-refractivity contribution in [1.29, 1.82) is 0 Å². The van der Waals surface area contributed by atoms with E-state index in [-0.39, 0.29) is 12.1 Å². The van der Waals surface area contributed by atoms with Gasteiger partial charge in [0.2, 0.25) is 0 Å². The molecule has 92 valence electrons. The summed E-state index contributed by atoms with van der Waals surface area (Å²) in [5.41, 5.74) is 0. The summed E-state index contributed by atoms with van der Waals surface area (Å²) in [5.74, 6) is 0.481. The maximum absolute atomic E-state index is 5.71. The van der Waals surface area contributed by atoms with Gasteiger partial charge >= 0.3 is 0 Å². The first-order valence-electron chi connectivity index (χ1n) is 6.37. The molecule has 0 N–H and O–H groups in total. The molecule has 2 heterocycles. The molecule has 3 aliphatic rings. The second kappa shape index (κ2) is 4.61. The zero-order valence-electron chi connectivity index (χ0n) is 9.65. The van der Waals surface area contributed by atoms with Crippen LogP contribution in [0.5, 0.6) is 0 Å². The predicted octanol–water partition coefficient (Wildman–Crippen LogP) is 1.68. The first-order valence-corrected chi connectivity index (χ1v) is 6.37. The quantitative estimate of drug-likeness (QED) is 0.720. The summed E-state index contributed by atoms with van der Waals surface area (Å²) < 4.78 is 22.4. The van der Waals surface area contributed by atoms with E-state index >= 15 is 0 Å². The van der Waals surface area contributed by atoms with Crippen LogP contribution in [0.25, 0.3) is 0 Å². The molecule has 0 radical (unpaired) electrons. The minimum Gasteiger partial charge on any atom is -0.350 e. The molecule has 0 amide bonds. The summed E-state index contributed by atoms with van der Waals surface area (Å²) in [7, 11) is 0. The van der Waals surface area contributed by atoms with Crippen LogP contribution in [0, 0.1) is 5.92 Å². The molecule has 3 fully saturated rings. The van der Waals surface area contributed by atoms with Crippen molar-refractivity contribution < 1.29 is 18.9 Å². The average Bonchev–Trinajstić information content (AvgIpc) is 2.94. The Morgan fingerprint density at radius 1 is 0.875 bits per heavy atom. The van der Waals surface area contributed by atoms with E-state index in [1.54, 1.807) is 0 Å². The van der Waals surface area contributed by atoms with E-state index in [2.05, 4.69) is 0 Å². The Labute approximate surface area is 96.2 Å². The Kier molecular flexibility index (Phi) is 3.16. The molecule has 0 unspecified atom stereocenters. The van der Waals surface area contributed by atoms with Crippen LogP contribution in [0.1, 0.15) is 32.1 Å². The minimum atomic E-state index is -0.228. The molecule has 1 spiro atoms. The lowest BCUT2D eigenvalue weighted by atomic mass is 9.83. The lowest BCUT2D eigenvalue weighted by Gasteiger charge is -2.35. The van der Waals surface area contributed by atoms with Gasteiger partial charge in [0.25, 0.3) is 0 Å². The highest BCUT2D eigenvalue weighted by molar-refractivity contribution is 4.83. The number of ether oxygens (including phenoxy) is 4. The SMILES string of the molecule is C1COC(CC2CCC3(CC2)OCCO3)O1. The van der Waals surface area contributed by atoms with Gasteiger partial charge in [-0.05, 0) is 18.8 Å². The van der Waals surface area contributed by atoms with Gasteiger partial charge in [-0.3, -0.25) is 0 Å². The minimum absolute atomic E-state index is 0.0458. The van der Waals surface area contributed by atoms with Gasteiger partial charge in [-0.15, -0.1) is 0 Å². The van der Waals surface area contributed by atoms with Crippen molar-refractivity contribution >= 4 is 0 Å². The highest BCUT2D eigenvalue weighted by Gasteiger charge is 2.40. The average molecular weight is 228 g/mol. The largest absolute Gasteiger partial charge is 0.350 e. The monoisotopic (exact) mass is 228 g/mol. The van der Waals surface area contributed by atoms with Crippen LogP contribution in [0.4, 0.5) is 0 Å². The van der Waals surface area contributed by atoms with Crippen LogP contribution in [0.2, 0.25) is 0 Å². The number of hydrogen-bond acceptors (Lipinski definition) is 4. The Hall–Kier alpha value is -0.160. The molecule has 1 aliphatic carbocycles. The fourth-order valence-electron chi connectivity index (χ4n) is 2.95. The van der Waals surface area contributed by atoms with Crippen molar-refractivity contribution in [2.75, 3.05) is 26.4 Å². The van der Waals surface area contributed by atoms with Crippen molar-refractivity contribution in [1.82, 2.24) is 0 Å². The van der Waals surface area contributed by atoms with Crippen molar-refractivity contribution in [3.63, 3.8) is 0 Å². The summed E-state index contributed by atoms with van der Waals surface area (Å²) in [6.45, 7) is 3.04. The zero-order valence-corrected chi connectivity index (χ0v) is 9.65. The maximum atomic E-state index is 5.71. The molecule has 0 aromatic heterocycles. The Balaban J connectivity index is 1.46. The molecule has 0 aromatic carbocycles. The first-order chi connectivity index (χ1) is 7.86. The van der Waals surface area contributed by atoms with Crippen LogP contribution in [0.3, 0.4) is 0 Å². The van der Waals surface area contributed by atoms with Crippen LogP contribution in [-0.2, 0) is 18.9 Å². The number of rotatable bonds is 2. The van der Waals surface area contributed by atoms with Gasteiger partial charge in [0.15, 0.2) is 12.1 Å². The third kappa shape index (κ3) is 2.25. The van der Waals surface area contributed by atoms with E-state index in [9.17, 15) is 0 Å². The number of hydrogen-bond donors (Lipinski definition) is 0. The highest BCUT2D eigenvalue weighted by Crippen LogP contribution is 2.40. The van der Waals surface area contributed by atoms with Gasteiger partial charge in [-0.1, -0.05) is 0 Å². The zero-order chi connectivity index (χ0) is 10.8. The van der Waals surface area contributed by atoms with E-state index in [4.69, 9.17) is 18.9 Å². The van der Waals surface area contributed by atoms with Crippen LogP contribution in [0.15, 0.2) is 0 Å². The van der Waals surface area contributed by atoms with Crippen molar-refractivity contribution in [3.8, 4) is 0 Å². The van der Waals surface area contributed by atoms with Gasteiger partial charge in [-0.25, -0.2) is 0 Å². The second-order valence-corrected chi connectivity index (χ2v) is 4.96. The Bertz CT molecular complexity index is 221. The van der Waals surface area contributed by atoms with Crippen LogP contribution in [-0.4, -0.2) is 38.5 Å². The van der Waals surface area contributed by atoms with Gasteiger partial charge in [0.05, 0.1) is 26.4 Å². The molecule has 0 atom stereocenters. The molecule has 0 bridgehead atoms. The third-order valence-electron chi connectivity index (χ3n) is 3.90. The first kappa shape index (κ1) is 11.0. The molecule has 3 rings (SSSR count). The van der Waals surface area contributed by atoms with E-state index in [0.717, 1.165) is 45.7 Å². The maximum Gasteiger partial charge on any atom is 0.168 e. The third-order valence-corrected chi connectivity index (χ3v) is 3.90. The molecule has 16 heavy (non-hydrogen) atoms. The molecule has 1 saturated carbocycles. The van der Waals surface area contributed by atoms with E-state index < -0.39 is 0 Å². The molecule has 0 aromatic rings. The van der Waals surface area contributed by atoms with E-state index in [1.807, 2.05) is 0 Å². The molecular weight excluding hydrogens is 208 g/mol. The summed E-state index contributed by atoms with van der Waals surface area (Å²) in [6, 6.07) is 0. The van der Waals surface area contributed by atoms with Gasteiger partial charge in [0.1, 0.15) is 0 Å². The lowest BCUT2D eigenvalue weighted by Crippen LogP contribution is -2.35. The van der Waals surface area contributed by atoms with Gasteiger partial charge in [-0.2, -0.15) is 0 Å². The molecule has 4 nitrogen and oxygen atoms in total. The van der Waals surface area contributed by atoms with Gasteiger partial charge < -0.3 is 18.9 Å². The van der Waals surface area contributed by atoms with Gasteiger partial charge in [0, 0.05) is 19.3 Å². The van der Waals surface area contributed by atoms with Crippen molar-refractivity contribution in [3.05, 3.63) is 0 Å². The van der Waals surface area contributed by atoms with Crippen LogP contribution < -0.4 is 0 Å². The molecule has 4 heteroatoms. The van der Waals surface area contributed by atoms with Crippen molar-refractivity contribution in [2.24, 2.45) is 5.92 Å². The molecule has 2 saturated heterocycles. The van der Waals surface area contributed by atoms with Crippen LogP contribution >= 0.6 is 0 Å². The lowest BCUT2D eigenvalue weighted by molar-refractivity contribution is -0.185. The highest BCUT2D eigenvalue weighted by atomic mass is 16.7. The van der Waals surface area contributed by atoms with E-state index in [1.165, 1.54) is 12.8 Å². The summed E-state index contributed by atoms with van der Waals surface area (Å²) >= 11 is 0. The van der Waals surface area contributed by atoms with E-state index in [0.29, 0.717) is 5.92 Å². The fraction of sp³-hybridized carbons (Fsp3) is 1.00. The Morgan fingerprint density at radius 3 is 2.12 bits per heavy atom.